The molecule has 0 spiro atoms. The maximum absolute atomic E-state index is 7.78. The second-order valence-corrected chi connectivity index (χ2v) is 15.8. The summed E-state index contributed by atoms with van der Waals surface area (Å²) in [6.45, 7) is 10.9. The Morgan fingerprint density at radius 2 is 0.787 bits per heavy atom. The van der Waals surface area contributed by atoms with Crippen LogP contribution in [-0.2, 0) is 25.4 Å². The van der Waals surface area contributed by atoms with Gasteiger partial charge in [-0.05, 0) is 35.8 Å². The quantitative estimate of drug-likeness (QED) is 0.0681. The van der Waals surface area contributed by atoms with E-state index in [-0.39, 0.29) is 12.2 Å². The Bertz CT molecular complexity index is 975. The lowest BCUT2D eigenvalue weighted by Crippen LogP contribution is -2.48. The van der Waals surface area contributed by atoms with E-state index < -0.39 is 11.2 Å². The predicted octanol–water partition coefficient (Wildman–Crippen LogP) is 12.7. The van der Waals surface area contributed by atoms with Crippen LogP contribution in [0.5, 0.6) is 0 Å². The van der Waals surface area contributed by atoms with Crippen molar-refractivity contribution in [2.45, 2.75) is 180 Å². The molecular weight excluding hydrogens is 576 g/mol. The van der Waals surface area contributed by atoms with Gasteiger partial charge in [-0.15, -0.1) is 0 Å². The van der Waals surface area contributed by atoms with Crippen molar-refractivity contribution < 1.29 is 14.2 Å². The van der Waals surface area contributed by atoms with Gasteiger partial charge in [0.05, 0.1) is 13.2 Å². The van der Waals surface area contributed by atoms with Gasteiger partial charge in [-0.1, -0.05) is 204 Å². The molecule has 0 saturated carbocycles. The first kappa shape index (κ1) is 38.1. The Hall–Kier alpha value is -1.68. The monoisotopic (exact) mass is 647 g/mol. The molecule has 0 aromatic heterocycles. The van der Waals surface area contributed by atoms with Crippen LogP contribution >= 0.6 is 0 Å². The number of epoxide rings is 2. The summed E-state index contributed by atoms with van der Waals surface area (Å²) in [6.07, 6.45) is 26.2. The highest BCUT2D eigenvalue weighted by Crippen LogP contribution is 2.52. The van der Waals surface area contributed by atoms with Gasteiger partial charge in [-0.25, -0.2) is 0 Å². The molecule has 2 aromatic rings. The molecule has 0 bridgehead atoms. The smallest absolute Gasteiger partial charge is 0.123 e. The van der Waals surface area contributed by atoms with Gasteiger partial charge < -0.3 is 14.2 Å². The van der Waals surface area contributed by atoms with Crippen molar-refractivity contribution in [3.63, 3.8) is 0 Å². The molecule has 2 aromatic carbocycles. The molecule has 0 aliphatic carbocycles. The SMILES string of the molecule is CC(C)CCCCCCCCCCC(OC(CCCCCCCCCCC(C)C)(c1ccccc1)C1CO1)(c1ccccc1)C1CO1. The van der Waals surface area contributed by atoms with Gasteiger partial charge in [0.2, 0.25) is 0 Å². The van der Waals surface area contributed by atoms with Crippen molar-refractivity contribution in [2.75, 3.05) is 13.2 Å². The van der Waals surface area contributed by atoms with Crippen LogP contribution in [0.1, 0.15) is 167 Å². The van der Waals surface area contributed by atoms with E-state index in [1.54, 1.807) is 0 Å². The summed E-state index contributed by atoms with van der Waals surface area (Å²) in [5.41, 5.74) is 1.61. The van der Waals surface area contributed by atoms with Crippen molar-refractivity contribution >= 4 is 0 Å². The summed E-state index contributed by atoms with van der Waals surface area (Å²) < 4.78 is 20.2. The molecule has 2 aliphatic heterocycles. The van der Waals surface area contributed by atoms with Crippen LogP contribution in [0.15, 0.2) is 60.7 Å². The molecule has 0 amide bonds. The highest BCUT2D eigenvalue weighted by molar-refractivity contribution is 5.31. The second-order valence-electron chi connectivity index (χ2n) is 15.8. The summed E-state index contributed by atoms with van der Waals surface area (Å²) >= 11 is 0. The van der Waals surface area contributed by atoms with E-state index in [4.69, 9.17) is 14.2 Å². The van der Waals surface area contributed by atoms with E-state index in [1.807, 2.05) is 0 Å². The fourth-order valence-electron chi connectivity index (χ4n) is 7.74. The summed E-state index contributed by atoms with van der Waals surface area (Å²) in [5, 5.41) is 0. The predicted molar refractivity (Wildman–Crippen MR) is 199 cm³/mol. The van der Waals surface area contributed by atoms with E-state index in [0.29, 0.717) is 0 Å². The first-order chi connectivity index (χ1) is 23.0. The zero-order valence-corrected chi connectivity index (χ0v) is 30.9. The molecule has 4 atom stereocenters. The van der Waals surface area contributed by atoms with E-state index in [0.717, 1.165) is 50.7 Å². The molecule has 4 rings (SSSR count). The lowest BCUT2D eigenvalue weighted by Gasteiger charge is -2.44. The van der Waals surface area contributed by atoms with E-state index in [9.17, 15) is 0 Å². The summed E-state index contributed by atoms with van der Waals surface area (Å²) in [4.78, 5) is 0. The van der Waals surface area contributed by atoms with Crippen molar-refractivity contribution in [3.8, 4) is 0 Å². The second kappa shape index (κ2) is 20.7. The standard InChI is InChI=1S/C44H70O3/c1-37(2)27-19-13-9-5-7-11-15-25-33-43(41-35-45-41,39-29-21-17-22-30-39)47-44(42-36-46-42,40-31-23-18-24-32-40)34-26-16-12-8-6-10-14-20-28-38(3)4/h17-18,21-24,29-32,37-38,41-42H,5-16,19-20,25-28,33-36H2,1-4H3. The summed E-state index contributed by atoms with van der Waals surface area (Å²) in [6, 6.07) is 22.1. The normalized spacial score (nSPS) is 20.0. The molecule has 2 aliphatic rings. The molecule has 2 saturated heterocycles. The van der Waals surface area contributed by atoms with Gasteiger partial charge in [0.25, 0.3) is 0 Å². The topological polar surface area (TPSA) is 34.3 Å². The number of benzene rings is 2. The van der Waals surface area contributed by atoms with Gasteiger partial charge >= 0.3 is 0 Å². The van der Waals surface area contributed by atoms with Gasteiger partial charge in [0.1, 0.15) is 23.4 Å². The molecular formula is C44H70O3. The molecule has 0 radical (unpaired) electrons. The number of ether oxygens (including phenoxy) is 3. The van der Waals surface area contributed by atoms with E-state index in [1.165, 1.54) is 114 Å². The van der Waals surface area contributed by atoms with E-state index in [2.05, 4.69) is 88.4 Å². The molecule has 3 heteroatoms. The average Bonchev–Trinajstić information content (AvgIpc) is 4.00. The first-order valence-corrected chi connectivity index (χ1v) is 20.0. The molecule has 264 valence electrons. The Balaban J connectivity index is 1.39. The van der Waals surface area contributed by atoms with Gasteiger partial charge in [0.15, 0.2) is 0 Å². The zero-order valence-electron chi connectivity index (χ0n) is 30.9. The maximum atomic E-state index is 7.78. The van der Waals surface area contributed by atoms with Crippen molar-refractivity contribution in [3.05, 3.63) is 71.8 Å². The Morgan fingerprint density at radius 3 is 1.09 bits per heavy atom. The number of hydrogen-bond acceptors (Lipinski definition) is 3. The molecule has 0 N–H and O–H groups in total. The Labute approximate surface area is 289 Å². The highest BCUT2D eigenvalue weighted by atomic mass is 16.6. The van der Waals surface area contributed by atoms with Crippen molar-refractivity contribution in [1.82, 2.24) is 0 Å². The van der Waals surface area contributed by atoms with Crippen molar-refractivity contribution in [2.24, 2.45) is 11.8 Å². The fraction of sp³-hybridized carbons (Fsp3) is 0.727. The van der Waals surface area contributed by atoms with Crippen LogP contribution < -0.4 is 0 Å². The van der Waals surface area contributed by atoms with Crippen LogP contribution in [0, 0.1) is 11.8 Å². The largest absolute Gasteiger partial charge is 0.370 e. The van der Waals surface area contributed by atoms with Crippen LogP contribution in [-0.4, -0.2) is 25.4 Å². The third kappa shape index (κ3) is 12.9. The maximum Gasteiger partial charge on any atom is 0.123 e. The fourth-order valence-corrected chi connectivity index (χ4v) is 7.74. The third-order valence-electron chi connectivity index (χ3n) is 10.8. The molecule has 3 nitrogen and oxygen atoms in total. The molecule has 4 unspecified atom stereocenters. The Morgan fingerprint density at radius 1 is 0.489 bits per heavy atom. The lowest BCUT2D eigenvalue weighted by molar-refractivity contribution is -0.197. The van der Waals surface area contributed by atoms with Gasteiger partial charge in [-0.2, -0.15) is 0 Å². The number of hydrogen-bond donors (Lipinski definition) is 0. The summed E-state index contributed by atoms with van der Waals surface area (Å²) in [5.74, 6) is 1.67. The highest BCUT2D eigenvalue weighted by Gasteiger charge is 2.58. The summed E-state index contributed by atoms with van der Waals surface area (Å²) in [7, 11) is 0. The minimum atomic E-state index is -0.462. The lowest BCUT2D eigenvalue weighted by atomic mass is 9.80. The van der Waals surface area contributed by atoms with E-state index >= 15 is 0 Å². The van der Waals surface area contributed by atoms with Crippen molar-refractivity contribution in [1.29, 1.82) is 0 Å². The molecule has 2 heterocycles. The van der Waals surface area contributed by atoms with Crippen LogP contribution in [0.2, 0.25) is 0 Å². The number of rotatable bonds is 28. The zero-order chi connectivity index (χ0) is 33.2. The number of unbranched alkanes of at least 4 members (excludes halogenated alkanes) is 14. The van der Waals surface area contributed by atoms with Crippen LogP contribution in [0.25, 0.3) is 0 Å². The van der Waals surface area contributed by atoms with Gasteiger partial charge in [0, 0.05) is 0 Å². The third-order valence-corrected chi connectivity index (χ3v) is 10.8. The van der Waals surface area contributed by atoms with Crippen LogP contribution in [0.4, 0.5) is 0 Å². The first-order valence-electron chi connectivity index (χ1n) is 20.0. The van der Waals surface area contributed by atoms with Crippen LogP contribution in [0.3, 0.4) is 0 Å². The average molecular weight is 647 g/mol. The minimum Gasteiger partial charge on any atom is -0.370 e. The molecule has 47 heavy (non-hydrogen) atoms. The van der Waals surface area contributed by atoms with Gasteiger partial charge in [-0.3, -0.25) is 0 Å². The minimum absolute atomic E-state index is 0.100. The molecule has 2 fully saturated rings. The Kier molecular flexibility index (Phi) is 16.8.